The molecule has 1 aromatic heterocycles. The molecule has 1 amide bonds. The average Bonchev–Trinajstić information content (AvgIpc) is 3.12. The van der Waals surface area contributed by atoms with E-state index in [1.807, 2.05) is 17.5 Å². The normalized spacial score (nSPS) is 10.2. The Morgan fingerprint density at radius 2 is 2.04 bits per heavy atom. The van der Waals surface area contributed by atoms with Gasteiger partial charge in [-0.05, 0) is 42.0 Å². The van der Waals surface area contributed by atoms with E-state index in [1.165, 1.54) is 19.1 Å². The number of nitrogens with one attached hydrogen (secondary N) is 1. The van der Waals surface area contributed by atoms with E-state index in [4.69, 9.17) is 9.47 Å². The highest BCUT2D eigenvalue weighted by Crippen LogP contribution is 2.20. The molecule has 1 heterocycles. The lowest BCUT2D eigenvalue weighted by atomic mass is 10.1. The third-order valence-electron chi connectivity index (χ3n) is 3.57. The molecule has 24 heavy (non-hydrogen) atoms. The van der Waals surface area contributed by atoms with E-state index in [9.17, 15) is 9.59 Å². The minimum absolute atomic E-state index is 0.00184. The van der Waals surface area contributed by atoms with Gasteiger partial charge in [0.25, 0.3) is 0 Å². The summed E-state index contributed by atoms with van der Waals surface area (Å²) >= 11 is 1.71. The van der Waals surface area contributed by atoms with Crippen molar-refractivity contribution in [3.05, 3.63) is 51.7 Å². The lowest BCUT2D eigenvalue weighted by Gasteiger charge is -2.10. The number of amides is 1. The van der Waals surface area contributed by atoms with Gasteiger partial charge in [-0.25, -0.2) is 4.79 Å². The van der Waals surface area contributed by atoms with Gasteiger partial charge in [-0.2, -0.15) is 0 Å². The number of hydrogen-bond donors (Lipinski definition) is 1. The Morgan fingerprint density at radius 1 is 1.21 bits per heavy atom. The standard InChI is InChI=1S/C18H21NO4S/c1-22-16-9-8-13(11-15(16)18(21)23-2)12-19-17(20)7-3-5-14-6-4-10-24-14/h4,6,8-11H,3,5,7,12H2,1-2H3,(H,19,20). The molecule has 1 aromatic carbocycles. The Labute approximate surface area is 145 Å². The van der Waals surface area contributed by atoms with Crippen LogP contribution >= 0.6 is 11.3 Å². The fourth-order valence-electron chi connectivity index (χ4n) is 2.30. The third kappa shape index (κ3) is 5.09. The molecule has 0 saturated carbocycles. The van der Waals surface area contributed by atoms with E-state index in [2.05, 4.69) is 11.4 Å². The summed E-state index contributed by atoms with van der Waals surface area (Å²) in [4.78, 5) is 25.0. The fraction of sp³-hybridized carbons (Fsp3) is 0.333. The van der Waals surface area contributed by atoms with Crippen LogP contribution in [0.4, 0.5) is 0 Å². The molecule has 0 aliphatic rings. The van der Waals surface area contributed by atoms with Crippen molar-refractivity contribution in [3.63, 3.8) is 0 Å². The van der Waals surface area contributed by atoms with Gasteiger partial charge < -0.3 is 14.8 Å². The average molecular weight is 347 g/mol. The summed E-state index contributed by atoms with van der Waals surface area (Å²) in [5.41, 5.74) is 1.17. The first-order valence-corrected chi connectivity index (χ1v) is 8.56. The number of benzene rings is 1. The molecule has 0 fully saturated rings. The van der Waals surface area contributed by atoms with Crippen LogP contribution in [-0.4, -0.2) is 26.1 Å². The summed E-state index contributed by atoms with van der Waals surface area (Å²) in [6.07, 6.45) is 2.22. The van der Waals surface area contributed by atoms with Gasteiger partial charge in [-0.1, -0.05) is 12.1 Å². The van der Waals surface area contributed by atoms with E-state index >= 15 is 0 Å². The fourth-order valence-corrected chi connectivity index (χ4v) is 3.05. The number of hydrogen-bond acceptors (Lipinski definition) is 5. The van der Waals surface area contributed by atoms with Crippen LogP contribution < -0.4 is 10.1 Å². The van der Waals surface area contributed by atoms with Crippen molar-refractivity contribution in [2.45, 2.75) is 25.8 Å². The zero-order chi connectivity index (χ0) is 17.4. The van der Waals surface area contributed by atoms with Crippen molar-refractivity contribution in [1.29, 1.82) is 0 Å². The SMILES string of the molecule is COC(=O)c1cc(CNC(=O)CCCc2cccs2)ccc1OC. The van der Waals surface area contributed by atoms with Gasteiger partial charge in [0.05, 0.1) is 14.2 Å². The molecule has 0 unspecified atom stereocenters. The summed E-state index contributed by atoms with van der Waals surface area (Å²) in [6.45, 7) is 0.367. The van der Waals surface area contributed by atoms with E-state index < -0.39 is 5.97 Å². The monoisotopic (exact) mass is 347 g/mol. The van der Waals surface area contributed by atoms with Crippen LogP contribution in [0.3, 0.4) is 0 Å². The number of rotatable bonds is 8. The van der Waals surface area contributed by atoms with Crippen LogP contribution in [0, 0.1) is 0 Å². The van der Waals surface area contributed by atoms with Crippen molar-refractivity contribution in [2.24, 2.45) is 0 Å². The Bertz CT molecular complexity index is 682. The smallest absolute Gasteiger partial charge is 0.341 e. The van der Waals surface area contributed by atoms with Crippen LogP contribution in [0.25, 0.3) is 0 Å². The summed E-state index contributed by atoms with van der Waals surface area (Å²) in [5, 5.41) is 4.91. The van der Waals surface area contributed by atoms with E-state index in [0.29, 0.717) is 24.3 Å². The molecule has 128 valence electrons. The van der Waals surface area contributed by atoms with E-state index in [-0.39, 0.29) is 5.91 Å². The minimum atomic E-state index is -0.462. The lowest BCUT2D eigenvalue weighted by molar-refractivity contribution is -0.121. The number of ether oxygens (including phenoxy) is 2. The molecule has 0 bridgehead atoms. The van der Waals surface area contributed by atoms with Crippen molar-refractivity contribution in [3.8, 4) is 5.75 Å². The highest BCUT2D eigenvalue weighted by Gasteiger charge is 2.13. The topological polar surface area (TPSA) is 64.6 Å². The number of esters is 1. The molecule has 0 radical (unpaired) electrons. The van der Waals surface area contributed by atoms with Crippen molar-refractivity contribution < 1.29 is 19.1 Å². The molecule has 0 aliphatic heterocycles. The Hall–Kier alpha value is -2.34. The predicted molar refractivity (Wildman–Crippen MR) is 93.4 cm³/mol. The lowest BCUT2D eigenvalue weighted by Crippen LogP contribution is -2.22. The molecule has 5 nitrogen and oxygen atoms in total. The van der Waals surface area contributed by atoms with Gasteiger partial charge >= 0.3 is 5.97 Å². The number of carbonyl (C=O) groups is 2. The second kappa shape index (κ2) is 9.08. The molecule has 0 saturated heterocycles. The zero-order valence-electron chi connectivity index (χ0n) is 13.8. The largest absolute Gasteiger partial charge is 0.496 e. The highest BCUT2D eigenvalue weighted by molar-refractivity contribution is 7.09. The van der Waals surface area contributed by atoms with Gasteiger partial charge in [-0.15, -0.1) is 11.3 Å². The second-order valence-electron chi connectivity index (χ2n) is 5.24. The Balaban J connectivity index is 1.84. The first-order valence-electron chi connectivity index (χ1n) is 7.68. The quantitative estimate of drug-likeness (QED) is 0.745. The summed E-state index contributed by atoms with van der Waals surface area (Å²) in [7, 11) is 2.82. The van der Waals surface area contributed by atoms with Crippen LogP contribution in [0.5, 0.6) is 5.75 Å². The third-order valence-corrected chi connectivity index (χ3v) is 4.50. The maximum atomic E-state index is 11.9. The molecule has 2 aromatic rings. The van der Waals surface area contributed by atoms with E-state index in [0.717, 1.165) is 18.4 Å². The second-order valence-corrected chi connectivity index (χ2v) is 6.27. The maximum Gasteiger partial charge on any atom is 0.341 e. The van der Waals surface area contributed by atoms with Crippen molar-refractivity contribution >= 4 is 23.2 Å². The van der Waals surface area contributed by atoms with Crippen LogP contribution in [-0.2, 0) is 22.5 Å². The number of thiophene rings is 1. The first kappa shape index (κ1) is 18.0. The van der Waals surface area contributed by atoms with Gasteiger partial charge in [-0.3, -0.25) is 4.79 Å². The minimum Gasteiger partial charge on any atom is -0.496 e. The molecule has 6 heteroatoms. The molecule has 0 spiro atoms. The molecule has 0 aliphatic carbocycles. The maximum absolute atomic E-state index is 11.9. The summed E-state index contributed by atoms with van der Waals surface area (Å²) in [5.74, 6) is -0.00848. The van der Waals surface area contributed by atoms with Gasteiger partial charge in [0.2, 0.25) is 5.91 Å². The van der Waals surface area contributed by atoms with E-state index in [1.54, 1.807) is 23.5 Å². The highest BCUT2D eigenvalue weighted by atomic mass is 32.1. The predicted octanol–water partition coefficient (Wildman–Crippen LogP) is 3.18. The van der Waals surface area contributed by atoms with Gasteiger partial charge in [0, 0.05) is 17.8 Å². The van der Waals surface area contributed by atoms with Crippen LogP contribution in [0.1, 0.15) is 33.6 Å². The number of carbonyl (C=O) groups excluding carboxylic acids is 2. The van der Waals surface area contributed by atoms with Crippen LogP contribution in [0.15, 0.2) is 35.7 Å². The molecule has 1 N–H and O–H groups in total. The van der Waals surface area contributed by atoms with Crippen LogP contribution in [0.2, 0.25) is 0 Å². The summed E-state index contributed by atoms with van der Waals surface area (Å²) in [6, 6.07) is 9.29. The van der Waals surface area contributed by atoms with Gasteiger partial charge in [0.15, 0.2) is 0 Å². The zero-order valence-corrected chi connectivity index (χ0v) is 14.7. The number of methoxy groups -OCH3 is 2. The van der Waals surface area contributed by atoms with Crippen molar-refractivity contribution in [1.82, 2.24) is 5.32 Å². The molecule has 2 rings (SSSR count). The molecular weight excluding hydrogens is 326 g/mol. The van der Waals surface area contributed by atoms with Crippen molar-refractivity contribution in [2.75, 3.05) is 14.2 Å². The summed E-state index contributed by atoms with van der Waals surface area (Å²) < 4.78 is 9.89. The van der Waals surface area contributed by atoms with Gasteiger partial charge in [0.1, 0.15) is 11.3 Å². The molecule has 0 atom stereocenters. The first-order chi connectivity index (χ1) is 11.6. The Morgan fingerprint density at radius 3 is 2.71 bits per heavy atom. The molecular formula is C18H21NO4S. The Kier molecular flexibility index (Phi) is 6.81. The number of aryl methyl sites for hydroxylation is 1.